The molecule has 1 aromatic carbocycles. The highest BCUT2D eigenvalue weighted by Crippen LogP contribution is 2.15. The molecular weight excluding hydrogens is 364 g/mol. The number of benzene rings is 1. The Morgan fingerprint density at radius 2 is 2.00 bits per heavy atom. The van der Waals surface area contributed by atoms with Crippen LogP contribution in [0, 0.1) is 0 Å². The summed E-state index contributed by atoms with van der Waals surface area (Å²) < 4.78 is 5.23. The highest BCUT2D eigenvalue weighted by molar-refractivity contribution is 6.30. The van der Waals surface area contributed by atoms with Gasteiger partial charge in [0.1, 0.15) is 0 Å². The molecule has 0 unspecified atom stereocenters. The maximum Gasteiger partial charge on any atom is 0.317 e. The third-order valence-corrected chi connectivity index (χ3v) is 4.92. The summed E-state index contributed by atoms with van der Waals surface area (Å²) in [5.74, 6) is 0.544. The van der Waals surface area contributed by atoms with Crippen molar-refractivity contribution in [1.82, 2.24) is 20.1 Å². The van der Waals surface area contributed by atoms with Gasteiger partial charge in [-0.3, -0.25) is 4.90 Å². The molecule has 144 valence electrons. The lowest BCUT2D eigenvalue weighted by Crippen LogP contribution is -2.41. The first-order valence-corrected chi connectivity index (χ1v) is 9.51. The van der Waals surface area contributed by atoms with E-state index >= 15 is 0 Å². The summed E-state index contributed by atoms with van der Waals surface area (Å²) >= 11 is 5.95. The zero-order valence-electron chi connectivity index (χ0n) is 15.5. The number of hydrogen-bond acceptors (Lipinski definition) is 4. The Kier molecular flexibility index (Phi) is 6.90. The molecule has 3 rings (SSSR count). The highest BCUT2D eigenvalue weighted by atomic mass is 35.5. The van der Waals surface area contributed by atoms with E-state index in [1.165, 1.54) is 5.56 Å². The van der Waals surface area contributed by atoms with Crippen LogP contribution in [-0.4, -0.2) is 54.1 Å². The number of hydrogen-bond donors (Lipinski definition) is 1. The average molecular weight is 389 g/mol. The van der Waals surface area contributed by atoms with Gasteiger partial charge in [-0.25, -0.2) is 9.78 Å². The first kappa shape index (κ1) is 19.5. The monoisotopic (exact) mass is 388 g/mol. The minimum atomic E-state index is -0.0470. The minimum Gasteiger partial charge on any atom is -0.481 e. The van der Waals surface area contributed by atoms with Crippen molar-refractivity contribution in [3.63, 3.8) is 0 Å². The SMILES string of the molecule is COc1ncccc1CNC(=O)N1CCCN(Cc2ccc(Cl)cc2)CC1. The van der Waals surface area contributed by atoms with E-state index in [2.05, 4.69) is 27.3 Å². The Balaban J connectivity index is 1.49. The molecule has 27 heavy (non-hydrogen) atoms. The van der Waals surface area contributed by atoms with Gasteiger partial charge in [0, 0.05) is 56.1 Å². The highest BCUT2D eigenvalue weighted by Gasteiger charge is 2.19. The van der Waals surface area contributed by atoms with Crippen molar-refractivity contribution < 1.29 is 9.53 Å². The third kappa shape index (κ3) is 5.58. The number of pyridine rings is 1. The van der Waals surface area contributed by atoms with Crippen molar-refractivity contribution in [1.29, 1.82) is 0 Å². The number of carbonyl (C=O) groups is 1. The lowest BCUT2D eigenvalue weighted by atomic mass is 10.2. The van der Waals surface area contributed by atoms with Crippen molar-refractivity contribution in [2.75, 3.05) is 33.3 Å². The predicted octanol–water partition coefficient (Wildman–Crippen LogP) is 3.16. The predicted molar refractivity (Wildman–Crippen MR) is 106 cm³/mol. The zero-order chi connectivity index (χ0) is 19.1. The zero-order valence-corrected chi connectivity index (χ0v) is 16.3. The van der Waals surface area contributed by atoms with E-state index in [0.29, 0.717) is 19.0 Å². The van der Waals surface area contributed by atoms with Crippen LogP contribution in [0.3, 0.4) is 0 Å². The normalized spacial score (nSPS) is 15.3. The lowest BCUT2D eigenvalue weighted by Gasteiger charge is -2.22. The molecule has 2 amide bonds. The van der Waals surface area contributed by atoms with E-state index in [1.807, 2.05) is 29.2 Å². The van der Waals surface area contributed by atoms with Gasteiger partial charge in [-0.1, -0.05) is 29.8 Å². The molecule has 0 saturated carbocycles. The van der Waals surface area contributed by atoms with Crippen LogP contribution in [0.4, 0.5) is 4.79 Å². The first-order valence-electron chi connectivity index (χ1n) is 9.13. The maximum absolute atomic E-state index is 12.5. The van der Waals surface area contributed by atoms with Crippen molar-refractivity contribution in [3.05, 3.63) is 58.7 Å². The topological polar surface area (TPSA) is 57.7 Å². The second-order valence-corrected chi connectivity index (χ2v) is 7.01. The van der Waals surface area contributed by atoms with Gasteiger partial charge >= 0.3 is 6.03 Å². The molecule has 0 spiro atoms. The van der Waals surface area contributed by atoms with E-state index in [9.17, 15) is 4.79 Å². The molecule has 1 aliphatic heterocycles. The Labute approximate surface area is 165 Å². The number of rotatable bonds is 5. The second-order valence-electron chi connectivity index (χ2n) is 6.57. The molecule has 1 saturated heterocycles. The summed E-state index contributed by atoms with van der Waals surface area (Å²) in [6.07, 6.45) is 2.63. The van der Waals surface area contributed by atoms with Gasteiger partial charge in [0.25, 0.3) is 0 Å². The second kappa shape index (κ2) is 9.58. The van der Waals surface area contributed by atoms with Gasteiger partial charge in [-0.2, -0.15) is 0 Å². The van der Waals surface area contributed by atoms with Gasteiger partial charge < -0.3 is 15.0 Å². The molecule has 0 radical (unpaired) electrons. The van der Waals surface area contributed by atoms with E-state index in [1.54, 1.807) is 13.3 Å². The molecular formula is C20H25ClN4O2. The number of ether oxygens (including phenoxy) is 1. The number of halogens is 1. The molecule has 0 aliphatic carbocycles. The fourth-order valence-corrected chi connectivity index (χ4v) is 3.33. The molecule has 1 fully saturated rings. The van der Waals surface area contributed by atoms with E-state index < -0.39 is 0 Å². The van der Waals surface area contributed by atoms with Crippen LogP contribution in [0.25, 0.3) is 0 Å². The number of nitrogens with one attached hydrogen (secondary N) is 1. The average Bonchev–Trinajstić information content (AvgIpc) is 2.94. The number of methoxy groups -OCH3 is 1. The van der Waals surface area contributed by atoms with Crippen LogP contribution < -0.4 is 10.1 Å². The van der Waals surface area contributed by atoms with Gasteiger partial charge in [0.15, 0.2) is 0 Å². The fraction of sp³-hybridized carbons (Fsp3) is 0.400. The Bertz CT molecular complexity index is 754. The van der Waals surface area contributed by atoms with Crippen molar-refractivity contribution in [3.8, 4) is 5.88 Å². The van der Waals surface area contributed by atoms with E-state index in [0.717, 1.165) is 43.2 Å². The van der Waals surface area contributed by atoms with Crippen molar-refractivity contribution in [2.24, 2.45) is 0 Å². The molecule has 6 nitrogen and oxygen atoms in total. The summed E-state index contributed by atoms with van der Waals surface area (Å²) in [6.45, 7) is 4.58. The summed E-state index contributed by atoms with van der Waals surface area (Å²) in [4.78, 5) is 21.0. The number of amides is 2. The molecule has 1 N–H and O–H groups in total. The Hall–Kier alpha value is -2.31. The van der Waals surface area contributed by atoms with E-state index in [4.69, 9.17) is 16.3 Å². The van der Waals surface area contributed by atoms with Crippen LogP contribution in [-0.2, 0) is 13.1 Å². The van der Waals surface area contributed by atoms with Gasteiger partial charge in [0.2, 0.25) is 5.88 Å². The van der Waals surface area contributed by atoms with Crippen LogP contribution in [0.15, 0.2) is 42.6 Å². The van der Waals surface area contributed by atoms with Gasteiger partial charge in [0.05, 0.1) is 7.11 Å². The van der Waals surface area contributed by atoms with Gasteiger partial charge in [-0.15, -0.1) is 0 Å². The Morgan fingerprint density at radius 3 is 2.78 bits per heavy atom. The summed E-state index contributed by atoms with van der Waals surface area (Å²) in [5.41, 5.74) is 2.11. The largest absolute Gasteiger partial charge is 0.481 e. The lowest BCUT2D eigenvalue weighted by molar-refractivity contribution is 0.197. The van der Waals surface area contributed by atoms with E-state index in [-0.39, 0.29) is 6.03 Å². The molecule has 1 aromatic heterocycles. The summed E-state index contributed by atoms with van der Waals surface area (Å²) in [5, 5.41) is 3.73. The Morgan fingerprint density at radius 1 is 1.19 bits per heavy atom. The molecule has 1 aliphatic rings. The van der Waals surface area contributed by atoms with Crippen LogP contribution in [0.2, 0.25) is 5.02 Å². The quantitative estimate of drug-likeness (QED) is 0.854. The summed E-state index contributed by atoms with van der Waals surface area (Å²) in [7, 11) is 1.58. The fourth-order valence-electron chi connectivity index (χ4n) is 3.21. The van der Waals surface area contributed by atoms with Gasteiger partial charge in [-0.05, 0) is 30.2 Å². The molecule has 2 heterocycles. The first-order chi connectivity index (χ1) is 13.2. The van der Waals surface area contributed by atoms with Crippen LogP contribution in [0.5, 0.6) is 5.88 Å². The molecule has 0 atom stereocenters. The summed E-state index contributed by atoms with van der Waals surface area (Å²) in [6, 6.07) is 11.6. The van der Waals surface area contributed by atoms with Crippen LogP contribution >= 0.6 is 11.6 Å². The van der Waals surface area contributed by atoms with Crippen molar-refractivity contribution >= 4 is 17.6 Å². The third-order valence-electron chi connectivity index (χ3n) is 4.67. The molecule has 0 bridgehead atoms. The minimum absolute atomic E-state index is 0.0470. The van der Waals surface area contributed by atoms with Crippen LogP contribution in [0.1, 0.15) is 17.5 Å². The maximum atomic E-state index is 12.5. The number of aromatic nitrogens is 1. The molecule has 7 heteroatoms. The number of carbonyl (C=O) groups excluding carboxylic acids is 1. The number of nitrogens with zero attached hydrogens (tertiary/aromatic N) is 3. The van der Waals surface area contributed by atoms with Crippen molar-refractivity contribution in [2.45, 2.75) is 19.5 Å². The molecule has 2 aromatic rings. The number of urea groups is 1. The standard InChI is InChI=1S/C20H25ClN4O2/c1-27-19-17(4-2-9-22-19)14-23-20(26)25-11-3-10-24(12-13-25)15-16-5-7-18(21)8-6-16/h2,4-9H,3,10-15H2,1H3,(H,23,26). The smallest absolute Gasteiger partial charge is 0.317 e.